The molecule has 19 heavy (non-hydrogen) atoms. The lowest BCUT2D eigenvalue weighted by Crippen LogP contribution is -2.40. The average Bonchev–Trinajstić information content (AvgIpc) is 2.73. The van der Waals surface area contributed by atoms with Crippen LogP contribution in [0.2, 0.25) is 0 Å². The largest absolute Gasteiger partial charge is 0.388 e. The molecule has 1 N–H and O–H groups in total. The van der Waals surface area contributed by atoms with Gasteiger partial charge in [-0.2, -0.15) is 0 Å². The molecule has 1 aliphatic rings. The molecule has 0 radical (unpaired) electrons. The molecule has 3 unspecified atom stereocenters. The van der Waals surface area contributed by atoms with E-state index < -0.39 is 6.10 Å². The summed E-state index contributed by atoms with van der Waals surface area (Å²) in [7, 11) is 0. The van der Waals surface area contributed by atoms with E-state index >= 15 is 0 Å². The number of hydrogen-bond donors (Lipinski definition) is 1. The molecule has 1 fully saturated rings. The van der Waals surface area contributed by atoms with Gasteiger partial charge in [0.2, 0.25) is 0 Å². The second kappa shape index (κ2) is 5.46. The second-order valence-corrected chi connectivity index (χ2v) is 6.51. The lowest BCUT2D eigenvalue weighted by atomic mass is 9.93. The number of nitro groups is 1. The quantitative estimate of drug-likeness (QED) is 0.683. The van der Waals surface area contributed by atoms with Gasteiger partial charge in [-0.1, -0.05) is 6.92 Å². The topological polar surface area (TPSA) is 66.6 Å². The van der Waals surface area contributed by atoms with Gasteiger partial charge in [0.25, 0.3) is 0 Å². The fourth-order valence-corrected chi connectivity index (χ4v) is 3.83. The molecule has 1 aliphatic heterocycles. The zero-order chi connectivity index (χ0) is 14.2. The van der Waals surface area contributed by atoms with Crippen molar-refractivity contribution in [1.82, 2.24) is 0 Å². The van der Waals surface area contributed by atoms with Gasteiger partial charge in [0.15, 0.2) is 5.00 Å². The molecule has 0 aliphatic carbocycles. The molecular weight excluding hydrogens is 264 g/mol. The van der Waals surface area contributed by atoms with Crippen molar-refractivity contribution in [3.63, 3.8) is 0 Å². The fourth-order valence-electron chi connectivity index (χ4n) is 2.64. The molecule has 1 aromatic heterocycles. The molecule has 0 saturated carbocycles. The molecule has 2 rings (SSSR count). The van der Waals surface area contributed by atoms with Crippen molar-refractivity contribution >= 4 is 22.0 Å². The molecule has 106 valence electrons. The summed E-state index contributed by atoms with van der Waals surface area (Å²) in [5.74, 6) is 0.668. The van der Waals surface area contributed by atoms with Gasteiger partial charge < -0.3 is 10.0 Å². The van der Waals surface area contributed by atoms with Crippen LogP contribution in [0.15, 0.2) is 6.07 Å². The Balaban J connectivity index is 2.35. The van der Waals surface area contributed by atoms with Crippen LogP contribution < -0.4 is 4.90 Å². The van der Waals surface area contributed by atoms with E-state index in [1.165, 1.54) is 17.4 Å². The highest BCUT2D eigenvalue weighted by molar-refractivity contribution is 7.16. The standard InChI is InChI=1S/C13H20N2O3S/c1-8-4-5-14(9(2)6-8)13-11(15(17)18)7-12(19-13)10(3)16/h7-10,16H,4-6H2,1-3H3. The summed E-state index contributed by atoms with van der Waals surface area (Å²) in [6.07, 6.45) is 1.46. The minimum Gasteiger partial charge on any atom is -0.388 e. The van der Waals surface area contributed by atoms with Crippen molar-refractivity contribution in [3.8, 4) is 0 Å². The predicted octanol–water partition coefficient (Wildman–Crippen LogP) is 3.33. The van der Waals surface area contributed by atoms with Gasteiger partial charge in [-0.3, -0.25) is 10.1 Å². The van der Waals surface area contributed by atoms with Crippen LogP contribution in [-0.4, -0.2) is 22.6 Å². The van der Waals surface area contributed by atoms with Gasteiger partial charge in [-0.05, 0) is 32.6 Å². The second-order valence-electron chi connectivity index (χ2n) is 5.44. The van der Waals surface area contributed by atoms with Crippen molar-refractivity contribution in [3.05, 3.63) is 21.1 Å². The molecule has 0 spiro atoms. The van der Waals surface area contributed by atoms with E-state index in [-0.39, 0.29) is 10.6 Å². The van der Waals surface area contributed by atoms with Gasteiger partial charge >= 0.3 is 5.69 Å². The van der Waals surface area contributed by atoms with E-state index in [9.17, 15) is 15.2 Å². The zero-order valence-corrected chi connectivity index (χ0v) is 12.3. The molecule has 0 aromatic carbocycles. The third kappa shape index (κ3) is 2.90. The van der Waals surface area contributed by atoms with E-state index in [0.29, 0.717) is 21.8 Å². The third-order valence-corrected chi connectivity index (χ3v) is 5.05. The smallest absolute Gasteiger partial charge is 0.304 e. The Morgan fingerprint density at radius 3 is 2.79 bits per heavy atom. The van der Waals surface area contributed by atoms with Crippen molar-refractivity contribution in [2.75, 3.05) is 11.4 Å². The summed E-state index contributed by atoms with van der Waals surface area (Å²) in [6, 6.07) is 1.82. The minimum absolute atomic E-state index is 0.127. The lowest BCUT2D eigenvalue weighted by molar-refractivity contribution is -0.383. The van der Waals surface area contributed by atoms with E-state index in [1.807, 2.05) is 0 Å². The summed E-state index contributed by atoms with van der Waals surface area (Å²) in [4.78, 5) is 13.6. The molecule has 1 saturated heterocycles. The number of aliphatic hydroxyl groups excluding tert-OH is 1. The first-order chi connectivity index (χ1) is 8.90. The number of hydrogen-bond acceptors (Lipinski definition) is 5. The van der Waals surface area contributed by atoms with Crippen molar-refractivity contribution < 1.29 is 10.0 Å². The maximum atomic E-state index is 11.2. The Kier molecular flexibility index (Phi) is 4.10. The summed E-state index contributed by atoms with van der Waals surface area (Å²) in [5, 5.41) is 21.5. The first-order valence-electron chi connectivity index (χ1n) is 6.63. The highest BCUT2D eigenvalue weighted by atomic mass is 32.1. The molecule has 1 aromatic rings. The third-order valence-electron chi connectivity index (χ3n) is 3.72. The van der Waals surface area contributed by atoms with Crippen LogP contribution in [0.25, 0.3) is 0 Å². The summed E-state index contributed by atoms with van der Waals surface area (Å²) in [6.45, 7) is 6.82. The van der Waals surface area contributed by atoms with Crippen LogP contribution >= 0.6 is 11.3 Å². The van der Waals surface area contributed by atoms with Crippen LogP contribution in [0.1, 0.15) is 44.6 Å². The highest BCUT2D eigenvalue weighted by Gasteiger charge is 2.31. The number of anilines is 1. The van der Waals surface area contributed by atoms with Gasteiger partial charge in [-0.15, -0.1) is 11.3 Å². The minimum atomic E-state index is -0.656. The number of aliphatic hydroxyl groups is 1. The maximum Gasteiger partial charge on any atom is 0.304 e. The predicted molar refractivity (Wildman–Crippen MR) is 76.8 cm³/mol. The SMILES string of the molecule is CC1CCN(c2sc(C(C)O)cc2[N+](=O)[O-])C(C)C1. The fraction of sp³-hybridized carbons (Fsp3) is 0.692. The number of nitrogens with zero attached hydrogens (tertiary/aromatic N) is 2. The van der Waals surface area contributed by atoms with Gasteiger partial charge in [0.05, 0.1) is 11.0 Å². The highest BCUT2D eigenvalue weighted by Crippen LogP contribution is 2.42. The Morgan fingerprint density at radius 2 is 2.26 bits per heavy atom. The van der Waals surface area contributed by atoms with Crippen molar-refractivity contribution in [2.24, 2.45) is 5.92 Å². The molecule has 2 heterocycles. The van der Waals surface area contributed by atoms with E-state index in [0.717, 1.165) is 19.4 Å². The zero-order valence-electron chi connectivity index (χ0n) is 11.5. The van der Waals surface area contributed by atoms with Gasteiger partial charge in [0, 0.05) is 23.5 Å². The van der Waals surface area contributed by atoms with Crippen LogP contribution in [0.3, 0.4) is 0 Å². The maximum absolute atomic E-state index is 11.2. The van der Waals surface area contributed by atoms with Crippen LogP contribution in [0, 0.1) is 16.0 Å². The number of piperidine rings is 1. The van der Waals surface area contributed by atoms with Crippen molar-refractivity contribution in [2.45, 2.75) is 45.8 Å². The monoisotopic (exact) mass is 284 g/mol. The Morgan fingerprint density at radius 1 is 1.58 bits per heavy atom. The number of rotatable bonds is 3. The van der Waals surface area contributed by atoms with Gasteiger partial charge in [-0.25, -0.2) is 0 Å². The molecule has 3 atom stereocenters. The normalized spacial score (nSPS) is 25.4. The molecule has 0 bridgehead atoms. The van der Waals surface area contributed by atoms with Crippen molar-refractivity contribution in [1.29, 1.82) is 0 Å². The van der Waals surface area contributed by atoms with E-state index in [1.54, 1.807) is 6.92 Å². The van der Waals surface area contributed by atoms with Crippen LogP contribution in [0.5, 0.6) is 0 Å². The molecular formula is C13H20N2O3S. The summed E-state index contributed by atoms with van der Waals surface area (Å²) >= 11 is 1.34. The Hall–Kier alpha value is -1.14. The Bertz CT molecular complexity index is 472. The van der Waals surface area contributed by atoms with E-state index in [2.05, 4.69) is 18.7 Å². The van der Waals surface area contributed by atoms with Crippen LogP contribution in [0.4, 0.5) is 10.7 Å². The number of thiophene rings is 1. The summed E-state index contributed by atoms with van der Waals surface area (Å²) < 4.78 is 0. The van der Waals surface area contributed by atoms with Gasteiger partial charge in [0.1, 0.15) is 0 Å². The molecule has 6 heteroatoms. The average molecular weight is 284 g/mol. The van der Waals surface area contributed by atoms with Crippen LogP contribution in [-0.2, 0) is 0 Å². The molecule has 5 nitrogen and oxygen atoms in total. The molecule has 0 amide bonds. The summed E-state index contributed by atoms with van der Waals surface area (Å²) in [5.41, 5.74) is 0.127. The first-order valence-corrected chi connectivity index (χ1v) is 7.44. The first kappa shape index (κ1) is 14.3. The Labute approximate surface area is 117 Å². The lowest BCUT2D eigenvalue weighted by Gasteiger charge is -2.36. The van der Waals surface area contributed by atoms with E-state index in [4.69, 9.17) is 0 Å².